The van der Waals surface area contributed by atoms with Gasteiger partial charge in [0, 0.05) is 18.8 Å². The standard InChI is InChI=1S/C13H14N2O2/c1-10-3-4-13(12(5-10)8-16)17-9-11-6-14-15(2)7-11/h3-8H,9H2,1-2H3. The molecule has 4 nitrogen and oxygen atoms in total. The summed E-state index contributed by atoms with van der Waals surface area (Å²) < 4.78 is 7.31. The first-order valence-electron chi connectivity index (χ1n) is 5.35. The average Bonchev–Trinajstić information content (AvgIpc) is 2.73. The molecule has 1 aromatic heterocycles. The van der Waals surface area contributed by atoms with Crippen LogP contribution in [0, 0.1) is 6.92 Å². The summed E-state index contributed by atoms with van der Waals surface area (Å²) in [6, 6.07) is 5.55. The molecule has 4 heteroatoms. The summed E-state index contributed by atoms with van der Waals surface area (Å²) >= 11 is 0. The van der Waals surface area contributed by atoms with E-state index in [-0.39, 0.29) is 0 Å². The van der Waals surface area contributed by atoms with Gasteiger partial charge in [0.25, 0.3) is 0 Å². The van der Waals surface area contributed by atoms with Crippen LogP contribution in [0.1, 0.15) is 21.5 Å². The largest absolute Gasteiger partial charge is 0.488 e. The van der Waals surface area contributed by atoms with E-state index in [0.717, 1.165) is 17.4 Å². The van der Waals surface area contributed by atoms with Crippen LogP contribution in [-0.2, 0) is 13.7 Å². The zero-order valence-corrected chi connectivity index (χ0v) is 9.88. The first kappa shape index (κ1) is 11.4. The van der Waals surface area contributed by atoms with Gasteiger partial charge in [-0.1, -0.05) is 11.6 Å². The van der Waals surface area contributed by atoms with E-state index in [1.807, 2.05) is 38.4 Å². The zero-order chi connectivity index (χ0) is 12.3. The fourth-order valence-corrected chi connectivity index (χ4v) is 1.60. The highest BCUT2D eigenvalue weighted by molar-refractivity contribution is 5.79. The second-order valence-electron chi connectivity index (χ2n) is 3.97. The predicted octanol–water partition coefficient (Wildman–Crippen LogP) is 2.12. The molecular weight excluding hydrogens is 216 g/mol. The van der Waals surface area contributed by atoms with E-state index in [1.54, 1.807) is 10.9 Å². The molecule has 0 unspecified atom stereocenters. The third kappa shape index (κ3) is 2.72. The third-order valence-electron chi connectivity index (χ3n) is 2.44. The van der Waals surface area contributed by atoms with Crippen molar-refractivity contribution in [3.05, 3.63) is 47.3 Å². The van der Waals surface area contributed by atoms with Crippen LogP contribution < -0.4 is 4.74 Å². The Morgan fingerprint density at radius 3 is 2.94 bits per heavy atom. The normalized spacial score (nSPS) is 10.2. The minimum Gasteiger partial charge on any atom is -0.488 e. The number of aldehydes is 1. The Morgan fingerprint density at radius 2 is 2.29 bits per heavy atom. The van der Waals surface area contributed by atoms with Crippen LogP contribution in [0.4, 0.5) is 0 Å². The van der Waals surface area contributed by atoms with Gasteiger partial charge in [-0.15, -0.1) is 0 Å². The number of hydrogen-bond donors (Lipinski definition) is 0. The van der Waals surface area contributed by atoms with Crippen molar-refractivity contribution in [3.63, 3.8) is 0 Å². The van der Waals surface area contributed by atoms with E-state index in [2.05, 4.69) is 5.10 Å². The highest BCUT2D eigenvalue weighted by Crippen LogP contribution is 2.19. The number of carbonyl (C=O) groups is 1. The maximum Gasteiger partial charge on any atom is 0.153 e. The fourth-order valence-electron chi connectivity index (χ4n) is 1.60. The predicted molar refractivity (Wildman–Crippen MR) is 64.1 cm³/mol. The Hall–Kier alpha value is -2.10. The summed E-state index contributed by atoms with van der Waals surface area (Å²) in [6.45, 7) is 2.36. The van der Waals surface area contributed by atoms with Crippen LogP contribution in [0.2, 0.25) is 0 Å². The van der Waals surface area contributed by atoms with E-state index in [4.69, 9.17) is 4.74 Å². The molecule has 0 bridgehead atoms. The topological polar surface area (TPSA) is 44.1 Å². The van der Waals surface area contributed by atoms with Crippen molar-refractivity contribution in [1.82, 2.24) is 9.78 Å². The second-order valence-corrected chi connectivity index (χ2v) is 3.97. The smallest absolute Gasteiger partial charge is 0.153 e. The fraction of sp³-hybridized carbons (Fsp3) is 0.231. The van der Waals surface area contributed by atoms with Crippen molar-refractivity contribution < 1.29 is 9.53 Å². The van der Waals surface area contributed by atoms with E-state index in [0.29, 0.717) is 17.9 Å². The molecule has 2 aromatic rings. The maximum atomic E-state index is 10.9. The summed E-state index contributed by atoms with van der Waals surface area (Å²) in [4.78, 5) is 10.9. The van der Waals surface area contributed by atoms with Crippen molar-refractivity contribution in [3.8, 4) is 5.75 Å². The lowest BCUT2D eigenvalue weighted by molar-refractivity contribution is 0.111. The lowest BCUT2D eigenvalue weighted by Crippen LogP contribution is -1.97. The molecule has 0 spiro atoms. The number of ether oxygens (including phenoxy) is 1. The first-order chi connectivity index (χ1) is 8.19. The maximum absolute atomic E-state index is 10.9. The number of rotatable bonds is 4. The summed E-state index contributed by atoms with van der Waals surface area (Å²) in [5.74, 6) is 0.606. The highest BCUT2D eigenvalue weighted by Gasteiger charge is 2.04. The van der Waals surface area contributed by atoms with E-state index < -0.39 is 0 Å². The van der Waals surface area contributed by atoms with Gasteiger partial charge in [-0.05, 0) is 19.1 Å². The molecule has 0 N–H and O–H groups in total. The summed E-state index contributed by atoms with van der Waals surface area (Å²) in [5.41, 5.74) is 2.60. The Labute approximate surface area is 99.8 Å². The molecule has 0 saturated carbocycles. The summed E-state index contributed by atoms with van der Waals surface area (Å²) in [7, 11) is 1.85. The Kier molecular flexibility index (Phi) is 3.23. The minimum atomic E-state index is 0.414. The van der Waals surface area contributed by atoms with Gasteiger partial charge in [-0.3, -0.25) is 9.48 Å². The minimum absolute atomic E-state index is 0.414. The molecule has 0 atom stereocenters. The van der Waals surface area contributed by atoms with Crippen LogP contribution in [0.15, 0.2) is 30.6 Å². The number of nitrogens with zero attached hydrogens (tertiary/aromatic N) is 2. The van der Waals surface area contributed by atoms with Gasteiger partial charge in [-0.2, -0.15) is 5.10 Å². The lowest BCUT2D eigenvalue weighted by atomic mass is 10.1. The lowest BCUT2D eigenvalue weighted by Gasteiger charge is -2.07. The van der Waals surface area contributed by atoms with Gasteiger partial charge in [0.1, 0.15) is 12.4 Å². The number of aromatic nitrogens is 2. The van der Waals surface area contributed by atoms with Crippen LogP contribution in [0.5, 0.6) is 5.75 Å². The molecule has 0 aliphatic heterocycles. The SMILES string of the molecule is Cc1ccc(OCc2cnn(C)c2)c(C=O)c1. The van der Waals surface area contributed by atoms with Crippen LogP contribution in [-0.4, -0.2) is 16.1 Å². The van der Waals surface area contributed by atoms with Gasteiger partial charge in [0.05, 0.1) is 11.8 Å². The van der Waals surface area contributed by atoms with Gasteiger partial charge < -0.3 is 4.74 Å². The third-order valence-corrected chi connectivity index (χ3v) is 2.44. The van der Waals surface area contributed by atoms with Gasteiger partial charge in [0.2, 0.25) is 0 Å². The van der Waals surface area contributed by atoms with Gasteiger partial charge >= 0.3 is 0 Å². The molecule has 0 aliphatic carbocycles. The number of hydrogen-bond acceptors (Lipinski definition) is 3. The van der Waals surface area contributed by atoms with E-state index >= 15 is 0 Å². The van der Waals surface area contributed by atoms with Crippen molar-refractivity contribution in [2.75, 3.05) is 0 Å². The Balaban J connectivity index is 2.11. The van der Waals surface area contributed by atoms with Crippen LogP contribution in [0.25, 0.3) is 0 Å². The molecule has 1 aromatic carbocycles. The quantitative estimate of drug-likeness (QED) is 0.756. The van der Waals surface area contributed by atoms with Crippen molar-refractivity contribution >= 4 is 6.29 Å². The molecule has 0 aliphatic rings. The molecule has 0 saturated heterocycles. The first-order valence-corrected chi connectivity index (χ1v) is 5.35. The van der Waals surface area contributed by atoms with Crippen molar-refractivity contribution in [2.45, 2.75) is 13.5 Å². The zero-order valence-electron chi connectivity index (χ0n) is 9.88. The molecular formula is C13H14N2O2. The van der Waals surface area contributed by atoms with Gasteiger partial charge in [-0.25, -0.2) is 0 Å². The molecule has 0 amide bonds. The van der Waals surface area contributed by atoms with E-state index in [9.17, 15) is 4.79 Å². The monoisotopic (exact) mass is 230 g/mol. The Morgan fingerprint density at radius 1 is 1.47 bits per heavy atom. The molecule has 0 fully saturated rings. The van der Waals surface area contributed by atoms with Crippen molar-refractivity contribution in [2.24, 2.45) is 7.05 Å². The average molecular weight is 230 g/mol. The summed E-state index contributed by atoms with van der Waals surface area (Å²) in [6.07, 6.45) is 4.44. The second kappa shape index (κ2) is 4.82. The van der Waals surface area contributed by atoms with Gasteiger partial charge in [0.15, 0.2) is 6.29 Å². The molecule has 2 rings (SSSR count). The molecule has 88 valence electrons. The number of aryl methyl sites for hydroxylation is 2. The molecule has 17 heavy (non-hydrogen) atoms. The van der Waals surface area contributed by atoms with Crippen molar-refractivity contribution in [1.29, 1.82) is 0 Å². The molecule has 1 heterocycles. The number of benzene rings is 1. The Bertz CT molecular complexity index is 532. The molecule has 0 radical (unpaired) electrons. The highest BCUT2D eigenvalue weighted by atomic mass is 16.5. The van der Waals surface area contributed by atoms with Crippen LogP contribution >= 0.6 is 0 Å². The van der Waals surface area contributed by atoms with E-state index in [1.165, 1.54) is 0 Å². The van der Waals surface area contributed by atoms with Crippen LogP contribution in [0.3, 0.4) is 0 Å². The number of carbonyl (C=O) groups excluding carboxylic acids is 1. The summed E-state index contributed by atoms with van der Waals surface area (Å²) in [5, 5.41) is 4.05.